The molecule has 18 heavy (non-hydrogen) atoms. The molecule has 3 N–H and O–H groups in total. The largest absolute Gasteiger partial charge is 0.369 e. The number of carbonyl (C=O) groups is 1. The first-order valence-corrected chi connectivity index (χ1v) is 7.39. The Morgan fingerprint density at radius 3 is 2.56 bits per heavy atom. The van der Waals surface area contributed by atoms with E-state index in [1.807, 2.05) is 0 Å². The quantitative estimate of drug-likeness (QED) is 0.871. The van der Waals surface area contributed by atoms with Gasteiger partial charge in [-0.1, -0.05) is 0 Å². The molecule has 6 heteroatoms. The smallest absolute Gasteiger partial charge is 0.220 e. The predicted molar refractivity (Wildman–Crippen MR) is 70.4 cm³/mol. The van der Waals surface area contributed by atoms with Gasteiger partial charge in [0.05, 0.1) is 0 Å². The lowest BCUT2D eigenvalue weighted by Crippen LogP contribution is -2.32. The van der Waals surface area contributed by atoms with E-state index in [1.54, 1.807) is 0 Å². The number of hydrogen-bond donors (Lipinski definition) is 2. The van der Waals surface area contributed by atoms with Crippen molar-refractivity contribution in [2.24, 2.45) is 11.7 Å². The number of amides is 1. The van der Waals surface area contributed by atoms with Crippen LogP contribution >= 0.6 is 11.5 Å². The molecule has 2 aliphatic carbocycles. The summed E-state index contributed by atoms with van der Waals surface area (Å²) < 4.78 is 4.38. The van der Waals surface area contributed by atoms with Crippen LogP contribution in [0.4, 0.5) is 5.13 Å². The number of primary amides is 1. The Balaban J connectivity index is 1.52. The van der Waals surface area contributed by atoms with E-state index in [0.717, 1.165) is 36.6 Å². The fourth-order valence-electron chi connectivity index (χ4n) is 2.50. The number of anilines is 1. The minimum absolute atomic E-state index is 0.0690. The topological polar surface area (TPSA) is 80.9 Å². The molecule has 3 rings (SSSR count). The molecule has 1 aromatic heterocycles. The van der Waals surface area contributed by atoms with Crippen LogP contribution in [0.25, 0.3) is 0 Å². The van der Waals surface area contributed by atoms with E-state index in [9.17, 15) is 4.79 Å². The van der Waals surface area contributed by atoms with Crippen molar-refractivity contribution in [1.29, 1.82) is 0 Å². The maximum Gasteiger partial charge on any atom is 0.220 e. The molecule has 0 saturated heterocycles. The average Bonchev–Trinajstić information content (AvgIpc) is 3.11. The summed E-state index contributed by atoms with van der Waals surface area (Å²) in [4.78, 5) is 15.6. The zero-order valence-corrected chi connectivity index (χ0v) is 11.1. The van der Waals surface area contributed by atoms with Gasteiger partial charge in [0.1, 0.15) is 5.82 Å². The predicted octanol–water partition coefficient (Wildman–Crippen LogP) is 1.87. The first kappa shape index (κ1) is 11.9. The van der Waals surface area contributed by atoms with Crippen molar-refractivity contribution in [3.8, 4) is 0 Å². The molecule has 0 spiro atoms. The molecule has 0 atom stereocenters. The van der Waals surface area contributed by atoms with E-state index in [0.29, 0.717) is 12.0 Å². The first-order valence-electron chi connectivity index (χ1n) is 6.62. The van der Waals surface area contributed by atoms with Gasteiger partial charge in [-0.05, 0) is 38.5 Å². The molecular weight excluding hydrogens is 248 g/mol. The Morgan fingerprint density at radius 2 is 1.94 bits per heavy atom. The molecule has 0 aromatic carbocycles. The zero-order valence-electron chi connectivity index (χ0n) is 10.3. The monoisotopic (exact) mass is 266 g/mol. The number of aromatic nitrogens is 2. The molecule has 98 valence electrons. The van der Waals surface area contributed by atoms with Crippen molar-refractivity contribution in [1.82, 2.24) is 9.36 Å². The van der Waals surface area contributed by atoms with Crippen molar-refractivity contribution in [3.63, 3.8) is 0 Å². The summed E-state index contributed by atoms with van der Waals surface area (Å²) in [6, 6.07) is 0.417. The SMILES string of the molecule is NC(=O)C1CCC(Nc2nc(C3CC3)ns2)CC1. The summed E-state index contributed by atoms with van der Waals surface area (Å²) in [5.74, 6) is 1.54. The maximum atomic E-state index is 11.1. The molecule has 0 aliphatic heterocycles. The van der Waals surface area contributed by atoms with Crippen LogP contribution in [0.2, 0.25) is 0 Å². The molecular formula is C12H18N4OS. The maximum absolute atomic E-state index is 11.1. The molecule has 5 nitrogen and oxygen atoms in total. The van der Waals surface area contributed by atoms with E-state index in [2.05, 4.69) is 14.7 Å². The highest BCUT2D eigenvalue weighted by Gasteiger charge is 2.29. The van der Waals surface area contributed by atoms with Crippen molar-refractivity contribution in [3.05, 3.63) is 5.82 Å². The number of rotatable bonds is 4. The van der Waals surface area contributed by atoms with E-state index in [4.69, 9.17) is 5.73 Å². The molecule has 1 heterocycles. The Hall–Kier alpha value is -1.17. The number of carbonyl (C=O) groups excluding carboxylic acids is 1. The zero-order chi connectivity index (χ0) is 12.5. The molecule has 0 radical (unpaired) electrons. The third-order valence-electron chi connectivity index (χ3n) is 3.84. The number of hydrogen-bond acceptors (Lipinski definition) is 5. The summed E-state index contributed by atoms with van der Waals surface area (Å²) >= 11 is 1.45. The highest BCUT2D eigenvalue weighted by molar-refractivity contribution is 7.09. The molecule has 2 aliphatic rings. The van der Waals surface area contributed by atoms with E-state index in [1.165, 1.54) is 24.4 Å². The van der Waals surface area contributed by atoms with Crippen molar-refractivity contribution < 1.29 is 4.79 Å². The van der Waals surface area contributed by atoms with Crippen LogP contribution in [0.1, 0.15) is 50.3 Å². The van der Waals surface area contributed by atoms with Crippen LogP contribution in [0, 0.1) is 5.92 Å². The summed E-state index contributed by atoms with van der Waals surface area (Å²) in [5.41, 5.74) is 5.33. The van der Waals surface area contributed by atoms with E-state index in [-0.39, 0.29) is 11.8 Å². The molecule has 0 bridgehead atoms. The Labute approximate surface area is 110 Å². The second-order valence-corrected chi connectivity index (χ2v) is 6.08. The van der Waals surface area contributed by atoms with Crippen LogP contribution in [-0.2, 0) is 4.79 Å². The highest BCUT2D eigenvalue weighted by atomic mass is 32.1. The normalized spacial score (nSPS) is 28.0. The third-order valence-corrected chi connectivity index (χ3v) is 4.50. The lowest BCUT2D eigenvalue weighted by molar-refractivity contribution is -0.122. The standard InChI is InChI=1S/C12H18N4OS/c13-10(17)7-3-5-9(6-4-7)14-12-15-11(16-18-12)8-1-2-8/h7-9H,1-6H2,(H2,13,17)(H,14,15,16). The molecule has 2 fully saturated rings. The van der Waals surface area contributed by atoms with Crippen molar-refractivity contribution in [2.75, 3.05) is 5.32 Å². The Morgan fingerprint density at radius 1 is 1.22 bits per heavy atom. The van der Waals surface area contributed by atoms with Gasteiger partial charge >= 0.3 is 0 Å². The van der Waals surface area contributed by atoms with E-state index >= 15 is 0 Å². The lowest BCUT2D eigenvalue weighted by Gasteiger charge is -2.26. The number of nitrogens with zero attached hydrogens (tertiary/aromatic N) is 2. The second kappa shape index (κ2) is 4.84. The molecule has 1 amide bonds. The van der Waals surface area contributed by atoms with Crippen LogP contribution in [0.5, 0.6) is 0 Å². The van der Waals surface area contributed by atoms with Gasteiger partial charge in [-0.2, -0.15) is 4.37 Å². The Kier molecular flexibility index (Phi) is 3.20. The Bertz CT molecular complexity index is 435. The number of nitrogens with two attached hydrogens (primary N) is 1. The fraction of sp³-hybridized carbons (Fsp3) is 0.750. The third kappa shape index (κ3) is 2.63. The summed E-state index contributed by atoms with van der Waals surface area (Å²) in [5, 5.41) is 4.37. The van der Waals surface area contributed by atoms with Crippen molar-refractivity contribution in [2.45, 2.75) is 50.5 Å². The van der Waals surface area contributed by atoms with E-state index < -0.39 is 0 Å². The molecule has 2 saturated carbocycles. The summed E-state index contributed by atoms with van der Waals surface area (Å²) in [7, 11) is 0. The average molecular weight is 266 g/mol. The van der Waals surface area contributed by atoms with Gasteiger partial charge in [0, 0.05) is 29.4 Å². The van der Waals surface area contributed by atoms with Gasteiger partial charge < -0.3 is 11.1 Å². The second-order valence-electron chi connectivity index (χ2n) is 5.33. The van der Waals surface area contributed by atoms with Crippen LogP contribution in [-0.4, -0.2) is 21.3 Å². The van der Waals surface area contributed by atoms with Crippen LogP contribution < -0.4 is 11.1 Å². The lowest BCUT2D eigenvalue weighted by atomic mass is 9.86. The minimum atomic E-state index is -0.152. The fourth-order valence-corrected chi connectivity index (χ4v) is 3.22. The van der Waals surface area contributed by atoms with Gasteiger partial charge in [-0.15, -0.1) is 0 Å². The van der Waals surface area contributed by atoms with Crippen molar-refractivity contribution >= 4 is 22.6 Å². The van der Waals surface area contributed by atoms with Gasteiger partial charge in [0.2, 0.25) is 11.0 Å². The molecule has 0 unspecified atom stereocenters. The summed E-state index contributed by atoms with van der Waals surface area (Å²) in [6.07, 6.45) is 6.24. The van der Waals surface area contributed by atoms with Gasteiger partial charge in [0.15, 0.2) is 0 Å². The van der Waals surface area contributed by atoms with Gasteiger partial charge in [-0.25, -0.2) is 4.98 Å². The minimum Gasteiger partial charge on any atom is -0.369 e. The highest BCUT2D eigenvalue weighted by Crippen LogP contribution is 2.39. The summed E-state index contributed by atoms with van der Waals surface area (Å²) in [6.45, 7) is 0. The molecule has 1 aromatic rings. The number of nitrogens with one attached hydrogen (secondary N) is 1. The van der Waals surface area contributed by atoms with Crippen LogP contribution in [0.3, 0.4) is 0 Å². The van der Waals surface area contributed by atoms with Gasteiger partial charge in [0.25, 0.3) is 0 Å². The van der Waals surface area contributed by atoms with Crippen LogP contribution in [0.15, 0.2) is 0 Å². The van der Waals surface area contributed by atoms with Gasteiger partial charge in [-0.3, -0.25) is 4.79 Å². The first-order chi connectivity index (χ1) is 8.72.